The van der Waals surface area contributed by atoms with E-state index in [1.807, 2.05) is 0 Å². The van der Waals surface area contributed by atoms with Crippen LogP contribution >= 0.6 is 0 Å². The number of nitro benzene ring substituents is 1. The molecule has 0 amide bonds. The van der Waals surface area contributed by atoms with E-state index in [0.717, 1.165) is 12.1 Å². The van der Waals surface area contributed by atoms with Gasteiger partial charge in [0.25, 0.3) is 5.69 Å². The Morgan fingerprint density at radius 3 is 2.52 bits per heavy atom. The van der Waals surface area contributed by atoms with Crippen LogP contribution in [0, 0.1) is 10.1 Å². The second-order valence-corrected chi connectivity index (χ2v) is 4.27. The molecule has 10 heteroatoms. The summed E-state index contributed by atoms with van der Waals surface area (Å²) in [4.78, 5) is 25.4. The van der Waals surface area contributed by atoms with Gasteiger partial charge in [0, 0.05) is 25.6 Å². The predicted octanol–water partition coefficient (Wildman–Crippen LogP) is 1.04. The van der Waals surface area contributed by atoms with Gasteiger partial charge in [-0.1, -0.05) is 6.07 Å². The SMILES string of the molecule is CC(=O)/C(=N/[N-]c1ccc([N+](=O)[O-])cc1[O-])C(C)=NCCN.[Cu+2]. The Balaban J connectivity index is 0.00000484. The number of rotatable bonds is 7. The Morgan fingerprint density at radius 1 is 1.39 bits per heavy atom. The third-order valence-corrected chi connectivity index (χ3v) is 2.57. The smallest absolute Gasteiger partial charge is 0.873 e. The summed E-state index contributed by atoms with van der Waals surface area (Å²) in [6, 6.07) is 3.16. The second kappa shape index (κ2) is 9.67. The summed E-state index contributed by atoms with van der Waals surface area (Å²) in [5.74, 6) is -1.02. The van der Waals surface area contributed by atoms with E-state index in [1.54, 1.807) is 6.92 Å². The van der Waals surface area contributed by atoms with E-state index in [2.05, 4.69) is 15.5 Å². The topological polar surface area (TPSA) is 148 Å². The largest absolute Gasteiger partial charge is 2.00 e. The van der Waals surface area contributed by atoms with Crippen molar-refractivity contribution in [2.24, 2.45) is 15.8 Å². The summed E-state index contributed by atoms with van der Waals surface area (Å²) < 4.78 is 0. The molecule has 0 spiro atoms. The number of aliphatic imine (C=N–C) groups is 1. The first-order valence-corrected chi connectivity index (χ1v) is 6.33. The van der Waals surface area contributed by atoms with E-state index >= 15 is 0 Å². The van der Waals surface area contributed by atoms with Gasteiger partial charge in [0.15, 0.2) is 5.78 Å². The molecular weight excluding hydrogens is 354 g/mol. The fraction of sp³-hybridized carbons (Fsp3) is 0.308. The molecule has 0 aromatic heterocycles. The van der Waals surface area contributed by atoms with Crippen LogP contribution in [0.2, 0.25) is 0 Å². The number of nitrogens with two attached hydrogens (primary N) is 1. The minimum absolute atomic E-state index is 0. The van der Waals surface area contributed by atoms with Crippen LogP contribution in [0.15, 0.2) is 28.3 Å². The molecule has 0 aliphatic heterocycles. The van der Waals surface area contributed by atoms with E-state index in [-0.39, 0.29) is 39.9 Å². The van der Waals surface area contributed by atoms with Gasteiger partial charge in [-0.05, 0) is 6.92 Å². The maximum absolute atomic E-state index is 11.7. The number of nitrogens with zero attached hydrogens (tertiary/aromatic N) is 4. The number of benzene rings is 1. The van der Waals surface area contributed by atoms with Crippen molar-refractivity contribution in [3.8, 4) is 5.75 Å². The Morgan fingerprint density at radius 2 is 2.04 bits per heavy atom. The van der Waals surface area contributed by atoms with Crippen LogP contribution in [0.5, 0.6) is 5.75 Å². The number of carbonyl (C=O) groups excluding carboxylic acids is 1. The molecule has 23 heavy (non-hydrogen) atoms. The van der Waals surface area contributed by atoms with Gasteiger partial charge >= 0.3 is 17.1 Å². The summed E-state index contributed by atoms with van der Waals surface area (Å²) in [5.41, 5.74) is 8.93. The summed E-state index contributed by atoms with van der Waals surface area (Å²) in [6.45, 7) is 3.54. The molecular formula is C13H15CuN5O4. The van der Waals surface area contributed by atoms with Crippen molar-refractivity contribution in [1.29, 1.82) is 0 Å². The number of nitro groups is 1. The monoisotopic (exact) mass is 368 g/mol. The van der Waals surface area contributed by atoms with Crippen LogP contribution in [0.25, 0.3) is 5.43 Å². The van der Waals surface area contributed by atoms with E-state index in [9.17, 15) is 20.0 Å². The zero-order valence-corrected chi connectivity index (χ0v) is 13.4. The van der Waals surface area contributed by atoms with E-state index in [1.165, 1.54) is 13.0 Å². The van der Waals surface area contributed by atoms with E-state index in [0.29, 0.717) is 18.8 Å². The maximum atomic E-state index is 11.7. The molecule has 0 saturated carbocycles. The zero-order valence-electron chi connectivity index (χ0n) is 12.4. The van der Waals surface area contributed by atoms with Crippen molar-refractivity contribution in [3.63, 3.8) is 0 Å². The quantitative estimate of drug-likeness (QED) is 0.330. The van der Waals surface area contributed by atoms with Crippen LogP contribution in [-0.4, -0.2) is 35.2 Å². The number of hydrogen-bond donors (Lipinski definition) is 1. The van der Waals surface area contributed by atoms with Crippen molar-refractivity contribution in [1.82, 2.24) is 0 Å². The number of carbonyl (C=O) groups is 1. The van der Waals surface area contributed by atoms with Crippen LogP contribution < -0.4 is 10.8 Å². The zero-order chi connectivity index (χ0) is 16.7. The Bertz CT molecular complexity index is 645. The fourth-order valence-corrected chi connectivity index (χ4v) is 1.51. The van der Waals surface area contributed by atoms with Crippen LogP contribution in [0.4, 0.5) is 11.4 Å². The van der Waals surface area contributed by atoms with Crippen LogP contribution in [-0.2, 0) is 21.9 Å². The average Bonchev–Trinajstić information content (AvgIpc) is 2.46. The standard InChI is InChI=1S/C13H17N5O4.Cu/c1-8(15-6-5-14)13(9(2)19)17-16-11-4-3-10(18(21)22)7-12(11)20;/h3-4,7H,5-6,14H2,1-2H3,(H2,15,16,17,19,20);/q;+2/p-2. The summed E-state index contributed by atoms with van der Waals surface area (Å²) in [5, 5.41) is 25.9. The first kappa shape index (κ1) is 20.7. The molecule has 0 bridgehead atoms. The third kappa shape index (κ3) is 6.15. The van der Waals surface area contributed by atoms with Gasteiger partial charge < -0.3 is 21.4 Å². The molecule has 0 unspecified atom stereocenters. The maximum Gasteiger partial charge on any atom is 2.00 e. The molecule has 1 rings (SSSR count). The number of ketones is 1. The van der Waals surface area contributed by atoms with Gasteiger partial charge in [-0.2, -0.15) is 0 Å². The average molecular weight is 369 g/mol. The molecule has 0 saturated heterocycles. The molecule has 127 valence electrons. The number of Topliss-reactive ketones (excluding diaryl/α,β-unsaturated/α-hetero) is 1. The summed E-state index contributed by atoms with van der Waals surface area (Å²) >= 11 is 0. The molecule has 0 fully saturated rings. The molecule has 0 aliphatic carbocycles. The molecule has 1 radical (unpaired) electrons. The first-order valence-electron chi connectivity index (χ1n) is 6.33. The normalized spacial score (nSPS) is 11.6. The Hall–Kier alpha value is -2.29. The second-order valence-electron chi connectivity index (χ2n) is 4.27. The van der Waals surface area contributed by atoms with Crippen molar-refractivity contribution in [3.05, 3.63) is 33.7 Å². The Kier molecular flexibility index (Phi) is 8.71. The molecule has 0 heterocycles. The minimum atomic E-state index is -0.681. The fourth-order valence-electron chi connectivity index (χ4n) is 1.51. The van der Waals surface area contributed by atoms with Gasteiger partial charge in [-0.3, -0.25) is 19.9 Å². The Labute approximate surface area is 143 Å². The van der Waals surface area contributed by atoms with Crippen molar-refractivity contribution in [2.45, 2.75) is 13.8 Å². The van der Waals surface area contributed by atoms with Gasteiger partial charge in [-0.15, -0.1) is 11.4 Å². The molecule has 9 nitrogen and oxygen atoms in total. The van der Waals surface area contributed by atoms with Crippen LogP contribution in [0.1, 0.15) is 13.8 Å². The van der Waals surface area contributed by atoms with E-state index in [4.69, 9.17) is 5.73 Å². The van der Waals surface area contributed by atoms with Crippen LogP contribution in [0.3, 0.4) is 0 Å². The van der Waals surface area contributed by atoms with Gasteiger partial charge in [0.2, 0.25) is 0 Å². The van der Waals surface area contributed by atoms with Gasteiger partial charge in [0.1, 0.15) is 5.71 Å². The molecule has 1 aromatic carbocycles. The third-order valence-electron chi connectivity index (χ3n) is 2.57. The minimum Gasteiger partial charge on any atom is -0.873 e. The van der Waals surface area contributed by atoms with Gasteiger partial charge in [-0.25, -0.2) is 0 Å². The van der Waals surface area contributed by atoms with E-state index < -0.39 is 10.7 Å². The molecule has 1 aromatic rings. The van der Waals surface area contributed by atoms with Gasteiger partial charge in [0.05, 0.1) is 17.2 Å². The number of non-ortho nitro benzene ring substituents is 1. The number of hydrogen-bond acceptors (Lipinski definition) is 7. The first-order chi connectivity index (χ1) is 10.4. The molecule has 0 atom stereocenters. The molecule has 2 N–H and O–H groups in total. The summed E-state index contributed by atoms with van der Waals surface area (Å²) in [7, 11) is 0. The molecule has 0 aliphatic rings. The van der Waals surface area contributed by atoms with Crippen molar-refractivity contribution < 1.29 is 31.9 Å². The predicted molar refractivity (Wildman–Crippen MR) is 80.7 cm³/mol. The van der Waals surface area contributed by atoms with Crippen molar-refractivity contribution in [2.75, 3.05) is 13.1 Å². The van der Waals surface area contributed by atoms with Crippen molar-refractivity contribution >= 4 is 28.6 Å². The summed E-state index contributed by atoms with van der Waals surface area (Å²) in [6.07, 6.45) is 0.